The lowest BCUT2D eigenvalue weighted by Crippen LogP contribution is -2.38. The van der Waals surface area contributed by atoms with Crippen molar-refractivity contribution in [1.29, 1.82) is 0 Å². The molecular weight excluding hydrogens is 331 g/mol. The lowest BCUT2D eigenvalue weighted by Gasteiger charge is -2.26. The molecule has 0 spiro atoms. The van der Waals surface area contributed by atoms with E-state index in [9.17, 15) is 18.0 Å². The van der Waals surface area contributed by atoms with Gasteiger partial charge in [-0.25, -0.2) is 9.10 Å². The topological polar surface area (TPSA) is 38.8 Å². The van der Waals surface area contributed by atoms with Gasteiger partial charge in [0.15, 0.2) is 0 Å². The van der Waals surface area contributed by atoms with E-state index >= 15 is 0 Å². The Labute approximate surface area is 137 Å². The fourth-order valence-electron chi connectivity index (χ4n) is 2.07. The molecule has 0 saturated carbocycles. The van der Waals surface area contributed by atoms with E-state index in [1.54, 1.807) is 26.8 Å². The molecule has 1 amide bonds. The van der Waals surface area contributed by atoms with Crippen molar-refractivity contribution in [2.45, 2.75) is 45.0 Å². The fourth-order valence-corrected chi connectivity index (χ4v) is 2.76. The molecular formula is C15H18F3NO3S. The van der Waals surface area contributed by atoms with Crippen LogP contribution in [0.3, 0.4) is 0 Å². The number of carbonyl (C=O) groups excluding carboxylic acids is 1. The van der Waals surface area contributed by atoms with Gasteiger partial charge in [0.25, 0.3) is 0 Å². The first kappa shape index (κ1) is 17.9. The van der Waals surface area contributed by atoms with Gasteiger partial charge in [-0.15, -0.1) is 0 Å². The van der Waals surface area contributed by atoms with Crippen LogP contribution in [0.5, 0.6) is 0 Å². The summed E-state index contributed by atoms with van der Waals surface area (Å²) < 4.78 is 50.1. The van der Waals surface area contributed by atoms with Gasteiger partial charge in [0.05, 0.1) is 18.2 Å². The number of amides is 1. The van der Waals surface area contributed by atoms with Crippen molar-refractivity contribution in [1.82, 2.24) is 4.31 Å². The third kappa shape index (κ3) is 5.04. The fraction of sp³-hybridized carbons (Fsp3) is 0.533. The molecule has 0 radical (unpaired) electrons. The zero-order chi connectivity index (χ0) is 17.3. The first-order chi connectivity index (χ1) is 10.6. The number of hydrogen-bond donors (Lipinski definition) is 0. The van der Waals surface area contributed by atoms with E-state index in [0.29, 0.717) is 5.56 Å². The smallest absolute Gasteiger partial charge is 0.422 e. The molecule has 1 heterocycles. The molecule has 1 aromatic rings. The summed E-state index contributed by atoms with van der Waals surface area (Å²) >= 11 is 0.865. The maximum atomic E-state index is 12.8. The van der Waals surface area contributed by atoms with Crippen molar-refractivity contribution in [3.05, 3.63) is 35.4 Å². The molecule has 1 aromatic carbocycles. The highest BCUT2D eigenvalue weighted by Crippen LogP contribution is 2.32. The maximum absolute atomic E-state index is 12.8. The van der Waals surface area contributed by atoms with Crippen molar-refractivity contribution in [2.24, 2.45) is 0 Å². The molecule has 23 heavy (non-hydrogen) atoms. The third-order valence-electron chi connectivity index (χ3n) is 3.02. The van der Waals surface area contributed by atoms with Crippen LogP contribution in [0, 0.1) is 0 Å². The van der Waals surface area contributed by atoms with Crippen LogP contribution in [0.4, 0.5) is 18.0 Å². The van der Waals surface area contributed by atoms with Crippen LogP contribution in [0.1, 0.15) is 31.9 Å². The summed E-state index contributed by atoms with van der Waals surface area (Å²) in [5, 5.41) is 0. The Kier molecular flexibility index (Phi) is 5.15. The number of hydrogen-bond acceptors (Lipinski definition) is 4. The molecule has 8 heteroatoms. The van der Waals surface area contributed by atoms with Crippen molar-refractivity contribution in [2.75, 3.05) is 6.61 Å². The van der Waals surface area contributed by atoms with E-state index in [2.05, 4.69) is 0 Å². The maximum Gasteiger partial charge on any atom is 0.422 e. The highest BCUT2D eigenvalue weighted by molar-refractivity contribution is 7.93. The minimum atomic E-state index is -4.39. The van der Waals surface area contributed by atoms with Gasteiger partial charge in [-0.2, -0.15) is 13.2 Å². The number of carbonyl (C=O) groups is 1. The summed E-state index contributed by atoms with van der Waals surface area (Å²) in [6.45, 7) is 5.47. The molecule has 128 valence electrons. The molecule has 0 aliphatic carbocycles. The normalized spacial score (nSPS) is 19.0. The third-order valence-corrected chi connectivity index (χ3v) is 3.87. The Hall–Kier alpha value is -1.41. The standard InChI is InChI=1S/C15H18F3NO3S/c1-14(2,3)22-13(20)19-12(9-21-23-19)8-10-5-4-6-11(7-10)15(16,17)18/h4-7,12H,8-9H2,1-3H3. The second kappa shape index (κ2) is 6.60. The van der Waals surface area contributed by atoms with Gasteiger partial charge in [0, 0.05) is 0 Å². The Morgan fingerprint density at radius 1 is 1.39 bits per heavy atom. The van der Waals surface area contributed by atoms with Crippen molar-refractivity contribution < 1.29 is 26.9 Å². The molecule has 0 aromatic heterocycles. The largest absolute Gasteiger partial charge is 0.443 e. The lowest BCUT2D eigenvalue weighted by molar-refractivity contribution is -0.137. The first-order valence-corrected chi connectivity index (χ1v) is 7.74. The quantitative estimate of drug-likeness (QED) is 0.584. The molecule has 1 unspecified atom stereocenters. The van der Waals surface area contributed by atoms with Gasteiger partial charge in [-0.3, -0.25) is 4.18 Å². The highest BCUT2D eigenvalue weighted by atomic mass is 32.2. The Bertz CT molecular complexity index is 572. The molecule has 0 bridgehead atoms. The molecule has 0 N–H and O–H groups in total. The van der Waals surface area contributed by atoms with E-state index < -0.39 is 23.4 Å². The molecule has 1 atom stereocenters. The van der Waals surface area contributed by atoms with Gasteiger partial charge in [-0.05, 0) is 38.8 Å². The number of ether oxygens (including phenoxy) is 1. The van der Waals surface area contributed by atoms with Gasteiger partial charge < -0.3 is 4.74 Å². The van der Waals surface area contributed by atoms with E-state index in [0.717, 1.165) is 24.4 Å². The van der Waals surface area contributed by atoms with Crippen LogP contribution in [-0.2, 0) is 21.5 Å². The average molecular weight is 349 g/mol. The van der Waals surface area contributed by atoms with E-state index in [1.165, 1.54) is 10.4 Å². The molecule has 1 aliphatic heterocycles. The summed E-state index contributed by atoms with van der Waals surface area (Å²) in [7, 11) is 0. The molecule has 1 aliphatic rings. The van der Waals surface area contributed by atoms with E-state index in [4.69, 9.17) is 8.92 Å². The van der Waals surface area contributed by atoms with Crippen LogP contribution >= 0.6 is 12.2 Å². The van der Waals surface area contributed by atoms with E-state index in [-0.39, 0.29) is 19.1 Å². The number of rotatable bonds is 2. The SMILES string of the molecule is CC(C)(C)OC(=O)N1SOCC1Cc1cccc(C(F)(F)F)c1. The lowest BCUT2D eigenvalue weighted by atomic mass is 10.0. The van der Waals surface area contributed by atoms with Crippen LogP contribution in [0.2, 0.25) is 0 Å². The highest BCUT2D eigenvalue weighted by Gasteiger charge is 2.35. The summed E-state index contributed by atoms with van der Waals surface area (Å²) in [6.07, 6.45) is -4.69. The predicted molar refractivity (Wildman–Crippen MR) is 80.6 cm³/mol. The minimum absolute atomic E-state index is 0.236. The van der Waals surface area contributed by atoms with Crippen LogP contribution in [-0.4, -0.2) is 28.6 Å². The number of benzene rings is 1. The number of halogens is 3. The Morgan fingerprint density at radius 3 is 2.70 bits per heavy atom. The molecule has 1 saturated heterocycles. The zero-order valence-electron chi connectivity index (χ0n) is 13.0. The predicted octanol–water partition coefficient (Wildman–Crippen LogP) is 4.45. The molecule has 1 fully saturated rings. The Balaban J connectivity index is 2.08. The summed E-state index contributed by atoms with van der Waals surface area (Å²) in [4.78, 5) is 12.1. The molecule has 2 rings (SSSR count). The van der Waals surface area contributed by atoms with Gasteiger partial charge in [0.2, 0.25) is 0 Å². The van der Waals surface area contributed by atoms with Crippen LogP contribution in [0.15, 0.2) is 24.3 Å². The first-order valence-electron chi connectivity index (χ1n) is 7.04. The van der Waals surface area contributed by atoms with E-state index in [1.807, 2.05) is 0 Å². The average Bonchev–Trinajstić information content (AvgIpc) is 2.84. The number of alkyl halides is 3. The van der Waals surface area contributed by atoms with Crippen molar-refractivity contribution >= 4 is 18.3 Å². The summed E-state index contributed by atoms with van der Waals surface area (Å²) in [5.74, 6) is 0. The van der Waals surface area contributed by atoms with Crippen LogP contribution < -0.4 is 0 Å². The Morgan fingerprint density at radius 2 is 2.09 bits per heavy atom. The van der Waals surface area contributed by atoms with Crippen molar-refractivity contribution in [3.63, 3.8) is 0 Å². The molecule has 4 nitrogen and oxygen atoms in total. The summed E-state index contributed by atoms with van der Waals surface area (Å²) in [6, 6.07) is 4.70. The monoisotopic (exact) mass is 349 g/mol. The minimum Gasteiger partial charge on any atom is -0.443 e. The van der Waals surface area contributed by atoms with Gasteiger partial charge in [0.1, 0.15) is 17.8 Å². The number of nitrogens with zero attached hydrogens (tertiary/aromatic N) is 1. The van der Waals surface area contributed by atoms with Gasteiger partial charge >= 0.3 is 12.3 Å². The second-order valence-corrected chi connectivity index (χ2v) is 7.00. The van der Waals surface area contributed by atoms with Gasteiger partial charge in [-0.1, -0.05) is 18.2 Å². The van der Waals surface area contributed by atoms with Crippen molar-refractivity contribution in [3.8, 4) is 0 Å². The summed E-state index contributed by atoms with van der Waals surface area (Å²) in [5.41, 5.74) is -0.865. The second-order valence-electron chi connectivity index (χ2n) is 6.22. The van der Waals surface area contributed by atoms with Crippen LogP contribution in [0.25, 0.3) is 0 Å². The zero-order valence-corrected chi connectivity index (χ0v) is 13.8.